The molecule has 1 aromatic rings. The first kappa shape index (κ1) is 12.4. The van der Waals surface area contributed by atoms with Crippen LogP contribution in [0.3, 0.4) is 0 Å². The minimum atomic E-state index is -0.497. The predicted octanol–water partition coefficient (Wildman–Crippen LogP) is 1.81. The fourth-order valence-electron chi connectivity index (χ4n) is 4.55. The van der Waals surface area contributed by atoms with E-state index in [4.69, 9.17) is 13.9 Å². The first-order chi connectivity index (χ1) is 9.49. The van der Waals surface area contributed by atoms with Crippen molar-refractivity contribution in [3.8, 4) is 0 Å². The van der Waals surface area contributed by atoms with Crippen LogP contribution in [-0.4, -0.2) is 28.9 Å². The van der Waals surface area contributed by atoms with Crippen molar-refractivity contribution >= 4 is 5.97 Å². The average Bonchev–Trinajstić information content (AvgIpc) is 2.94. The van der Waals surface area contributed by atoms with Gasteiger partial charge in [0.1, 0.15) is 11.7 Å². The molecule has 1 spiro atoms. The summed E-state index contributed by atoms with van der Waals surface area (Å²) in [6, 6.07) is 1.81. The fourth-order valence-corrected chi connectivity index (χ4v) is 4.55. The Morgan fingerprint density at radius 3 is 2.90 bits per heavy atom. The Labute approximate surface area is 116 Å². The summed E-state index contributed by atoms with van der Waals surface area (Å²) in [7, 11) is 0. The summed E-state index contributed by atoms with van der Waals surface area (Å²) in [5.41, 5.74) is -0.0915. The van der Waals surface area contributed by atoms with Crippen molar-refractivity contribution in [2.45, 2.75) is 50.6 Å². The molecule has 4 rings (SSSR count). The Morgan fingerprint density at radius 2 is 2.20 bits per heavy atom. The fraction of sp³-hybridized carbons (Fsp3) is 0.667. The molecule has 108 valence electrons. The number of furan rings is 1. The third-order valence-electron chi connectivity index (χ3n) is 5.43. The van der Waals surface area contributed by atoms with Crippen molar-refractivity contribution in [1.82, 2.24) is 0 Å². The predicted molar refractivity (Wildman–Crippen MR) is 67.7 cm³/mol. The molecular weight excluding hydrogens is 260 g/mol. The van der Waals surface area contributed by atoms with E-state index in [0.29, 0.717) is 12.8 Å². The van der Waals surface area contributed by atoms with Gasteiger partial charge in [-0.1, -0.05) is 13.8 Å². The summed E-state index contributed by atoms with van der Waals surface area (Å²) in [4.78, 5) is 12.1. The SMILES string of the molecule is CC1CC(O)CC2(C)C(c3ccoc3)OC(=O)C3OC132. The van der Waals surface area contributed by atoms with E-state index < -0.39 is 29.3 Å². The van der Waals surface area contributed by atoms with E-state index in [1.165, 1.54) is 0 Å². The largest absolute Gasteiger partial charge is 0.472 e. The minimum absolute atomic E-state index is 0.128. The topological polar surface area (TPSA) is 72.2 Å². The van der Waals surface area contributed by atoms with Gasteiger partial charge < -0.3 is 19.0 Å². The number of esters is 1. The van der Waals surface area contributed by atoms with Crippen molar-refractivity contribution in [1.29, 1.82) is 0 Å². The maximum atomic E-state index is 12.1. The molecule has 2 saturated heterocycles. The van der Waals surface area contributed by atoms with Crippen LogP contribution in [0.15, 0.2) is 23.0 Å². The average molecular weight is 278 g/mol. The molecule has 3 fully saturated rings. The van der Waals surface area contributed by atoms with Gasteiger partial charge in [-0.25, -0.2) is 4.79 Å². The second-order valence-corrected chi connectivity index (χ2v) is 6.58. The molecule has 5 nitrogen and oxygen atoms in total. The van der Waals surface area contributed by atoms with Gasteiger partial charge in [0.25, 0.3) is 0 Å². The zero-order chi connectivity index (χ0) is 14.1. The highest BCUT2D eigenvalue weighted by Crippen LogP contribution is 2.68. The molecule has 0 amide bonds. The quantitative estimate of drug-likeness (QED) is 0.626. The van der Waals surface area contributed by atoms with Gasteiger partial charge in [-0.2, -0.15) is 0 Å². The Balaban J connectivity index is 1.83. The van der Waals surface area contributed by atoms with E-state index in [9.17, 15) is 9.90 Å². The van der Waals surface area contributed by atoms with Crippen LogP contribution < -0.4 is 0 Å². The van der Waals surface area contributed by atoms with E-state index in [1.807, 2.05) is 13.0 Å². The van der Waals surface area contributed by atoms with Crippen LogP contribution in [0.1, 0.15) is 38.4 Å². The standard InChI is InChI=1S/C15H18O5/c1-8-5-10(16)6-14(2)11(9-3-4-18-7-9)19-13(17)12-15(8,14)20-12/h3-4,7-8,10-12,16H,5-6H2,1-2H3. The Bertz CT molecular complexity index is 553. The van der Waals surface area contributed by atoms with E-state index in [0.717, 1.165) is 5.56 Å². The molecule has 0 bridgehead atoms. The zero-order valence-electron chi connectivity index (χ0n) is 11.5. The van der Waals surface area contributed by atoms with Crippen LogP contribution in [0.5, 0.6) is 0 Å². The number of cyclic esters (lactones) is 1. The van der Waals surface area contributed by atoms with Crippen LogP contribution in [0, 0.1) is 11.3 Å². The minimum Gasteiger partial charge on any atom is -0.472 e. The lowest BCUT2D eigenvalue weighted by atomic mass is 9.56. The number of epoxide rings is 1. The summed E-state index contributed by atoms with van der Waals surface area (Å²) in [5.74, 6) is -0.166. The molecular formula is C15H18O5. The zero-order valence-corrected chi connectivity index (χ0v) is 11.5. The van der Waals surface area contributed by atoms with Crippen LogP contribution >= 0.6 is 0 Å². The first-order valence-corrected chi connectivity index (χ1v) is 7.07. The molecule has 0 radical (unpaired) electrons. The molecule has 1 aliphatic carbocycles. The lowest BCUT2D eigenvalue weighted by Crippen LogP contribution is -2.57. The Kier molecular flexibility index (Phi) is 2.27. The molecule has 0 aromatic carbocycles. The Hall–Kier alpha value is -1.33. The second-order valence-electron chi connectivity index (χ2n) is 6.58. The number of aliphatic hydroxyl groups is 1. The molecule has 2 aliphatic heterocycles. The van der Waals surface area contributed by atoms with Crippen molar-refractivity contribution in [3.05, 3.63) is 24.2 Å². The van der Waals surface area contributed by atoms with Crippen molar-refractivity contribution in [2.24, 2.45) is 11.3 Å². The van der Waals surface area contributed by atoms with E-state index in [-0.39, 0.29) is 11.9 Å². The highest BCUT2D eigenvalue weighted by Gasteiger charge is 2.79. The molecule has 3 aliphatic rings. The number of hydrogen-bond donors (Lipinski definition) is 1. The third-order valence-corrected chi connectivity index (χ3v) is 5.43. The molecule has 3 heterocycles. The van der Waals surface area contributed by atoms with Crippen molar-refractivity contribution in [3.63, 3.8) is 0 Å². The number of rotatable bonds is 1. The van der Waals surface area contributed by atoms with Crippen LogP contribution in [0.2, 0.25) is 0 Å². The summed E-state index contributed by atoms with van der Waals surface area (Å²) < 4.78 is 16.6. The molecule has 6 unspecified atom stereocenters. The second kappa shape index (κ2) is 3.65. The molecule has 6 atom stereocenters. The van der Waals surface area contributed by atoms with Crippen molar-refractivity contribution < 1.29 is 23.8 Å². The highest BCUT2D eigenvalue weighted by atomic mass is 16.7. The molecule has 1 N–H and O–H groups in total. The summed E-state index contributed by atoms with van der Waals surface area (Å²) in [5, 5.41) is 10.2. The lowest BCUT2D eigenvalue weighted by Gasteiger charge is -2.50. The van der Waals surface area contributed by atoms with Gasteiger partial charge in [0, 0.05) is 11.0 Å². The van der Waals surface area contributed by atoms with Gasteiger partial charge in [-0.3, -0.25) is 0 Å². The number of hydrogen-bond acceptors (Lipinski definition) is 5. The normalized spacial score (nSPS) is 50.0. The number of ether oxygens (including phenoxy) is 2. The van der Waals surface area contributed by atoms with Crippen LogP contribution in [0.25, 0.3) is 0 Å². The Morgan fingerprint density at radius 1 is 1.40 bits per heavy atom. The monoisotopic (exact) mass is 278 g/mol. The van der Waals surface area contributed by atoms with E-state index in [2.05, 4.69) is 6.92 Å². The maximum absolute atomic E-state index is 12.1. The maximum Gasteiger partial charge on any atom is 0.339 e. The third kappa shape index (κ3) is 1.27. The van der Waals surface area contributed by atoms with Gasteiger partial charge >= 0.3 is 5.97 Å². The number of carbonyl (C=O) groups is 1. The van der Waals surface area contributed by atoms with Gasteiger partial charge in [0.2, 0.25) is 0 Å². The van der Waals surface area contributed by atoms with Crippen LogP contribution in [0.4, 0.5) is 0 Å². The van der Waals surface area contributed by atoms with Crippen molar-refractivity contribution in [2.75, 3.05) is 0 Å². The lowest BCUT2D eigenvalue weighted by molar-refractivity contribution is -0.179. The summed E-state index contributed by atoms with van der Waals surface area (Å²) >= 11 is 0. The smallest absolute Gasteiger partial charge is 0.339 e. The highest BCUT2D eigenvalue weighted by molar-refractivity contribution is 5.82. The number of aliphatic hydroxyl groups excluding tert-OH is 1. The molecule has 20 heavy (non-hydrogen) atoms. The van der Waals surface area contributed by atoms with Crippen LogP contribution in [-0.2, 0) is 14.3 Å². The number of carbonyl (C=O) groups excluding carboxylic acids is 1. The van der Waals surface area contributed by atoms with Gasteiger partial charge in [0.15, 0.2) is 6.10 Å². The van der Waals surface area contributed by atoms with Gasteiger partial charge in [-0.05, 0) is 24.8 Å². The summed E-state index contributed by atoms with van der Waals surface area (Å²) in [6.07, 6.45) is 3.11. The molecule has 1 aromatic heterocycles. The molecule has 5 heteroatoms. The summed E-state index contributed by atoms with van der Waals surface area (Å²) in [6.45, 7) is 4.10. The van der Waals surface area contributed by atoms with Gasteiger partial charge in [0.05, 0.1) is 18.6 Å². The van der Waals surface area contributed by atoms with Gasteiger partial charge in [-0.15, -0.1) is 0 Å². The first-order valence-electron chi connectivity index (χ1n) is 7.07. The van der Waals surface area contributed by atoms with E-state index >= 15 is 0 Å². The molecule has 1 saturated carbocycles. The van der Waals surface area contributed by atoms with E-state index in [1.54, 1.807) is 12.5 Å².